The largest absolute Gasteiger partial charge is 0.497 e. The van der Waals surface area contributed by atoms with Crippen LogP contribution in [-0.4, -0.2) is 34.6 Å². The summed E-state index contributed by atoms with van der Waals surface area (Å²) in [4.78, 5) is 15.3. The van der Waals surface area contributed by atoms with E-state index in [1.165, 1.54) is 5.56 Å². The maximum Gasteiger partial charge on any atom is 0.280 e. The first-order valence-corrected chi connectivity index (χ1v) is 10.1. The topological polar surface area (TPSA) is 60.2 Å². The number of ether oxygens (including phenoxy) is 1. The van der Waals surface area contributed by atoms with Gasteiger partial charge in [0, 0.05) is 18.3 Å². The normalized spacial score (nSPS) is 10.6. The molecule has 0 spiro atoms. The summed E-state index contributed by atoms with van der Waals surface area (Å²) in [5.41, 5.74) is 3.81. The lowest BCUT2D eigenvalue weighted by atomic mass is 10.1. The Morgan fingerprint density at radius 2 is 1.68 bits per heavy atom. The van der Waals surface area contributed by atoms with Crippen molar-refractivity contribution in [2.75, 3.05) is 18.6 Å². The van der Waals surface area contributed by atoms with E-state index in [0.29, 0.717) is 23.7 Å². The van der Waals surface area contributed by atoms with Gasteiger partial charge in [0.25, 0.3) is 5.91 Å². The average molecular weight is 412 g/mol. The number of amides is 1. The Morgan fingerprint density at radius 3 is 2.39 bits per heavy atom. The molecule has 0 aliphatic heterocycles. The van der Waals surface area contributed by atoms with Crippen LogP contribution in [0.2, 0.25) is 0 Å². The Labute approximate surface area is 181 Å². The van der Waals surface area contributed by atoms with E-state index >= 15 is 0 Å². The lowest BCUT2D eigenvalue weighted by molar-refractivity contribution is 0.0981. The van der Waals surface area contributed by atoms with Crippen molar-refractivity contribution in [3.63, 3.8) is 0 Å². The molecule has 6 heteroatoms. The highest BCUT2D eigenvalue weighted by Gasteiger charge is 2.24. The van der Waals surface area contributed by atoms with Gasteiger partial charge in [0.2, 0.25) is 0 Å². The summed E-state index contributed by atoms with van der Waals surface area (Å²) in [5.74, 6) is 0.544. The zero-order valence-corrected chi connectivity index (χ0v) is 17.6. The minimum Gasteiger partial charge on any atom is -0.497 e. The molecule has 0 bridgehead atoms. The van der Waals surface area contributed by atoms with Crippen molar-refractivity contribution < 1.29 is 9.53 Å². The molecule has 1 aromatic heterocycles. The predicted octanol–water partition coefficient (Wildman–Crippen LogP) is 4.47. The third kappa shape index (κ3) is 4.48. The van der Waals surface area contributed by atoms with Gasteiger partial charge >= 0.3 is 0 Å². The smallest absolute Gasteiger partial charge is 0.280 e. The highest BCUT2D eigenvalue weighted by molar-refractivity contribution is 6.05. The lowest BCUT2D eigenvalue weighted by Crippen LogP contribution is -2.33. The van der Waals surface area contributed by atoms with Gasteiger partial charge in [-0.15, -0.1) is 5.10 Å². The number of aromatic nitrogens is 3. The minimum atomic E-state index is -0.172. The van der Waals surface area contributed by atoms with Crippen molar-refractivity contribution in [2.24, 2.45) is 0 Å². The zero-order valence-electron chi connectivity index (χ0n) is 17.6. The molecule has 0 unspecified atom stereocenters. The van der Waals surface area contributed by atoms with Crippen LogP contribution in [0.25, 0.3) is 5.69 Å². The summed E-state index contributed by atoms with van der Waals surface area (Å²) in [6, 6.07) is 27.3. The Hall–Kier alpha value is -3.93. The first-order chi connectivity index (χ1) is 15.2. The Balaban J connectivity index is 1.64. The van der Waals surface area contributed by atoms with Gasteiger partial charge in [0.15, 0.2) is 5.69 Å². The molecule has 0 aliphatic carbocycles. The lowest BCUT2D eigenvalue weighted by Gasteiger charge is -2.22. The Morgan fingerprint density at radius 1 is 0.968 bits per heavy atom. The van der Waals surface area contributed by atoms with Crippen LogP contribution < -0.4 is 9.64 Å². The first-order valence-electron chi connectivity index (χ1n) is 10.1. The van der Waals surface area contributed by atoms with E-state index < -0.39 is 0 Å². The molecule has 0 saturated heterocycles. The second-order valence-corrected chi connectivity index (χ2v) is 7.16. The van der Waals surface area contributed by atoms with E-state index in [1.54, 1.807) is 16.7 Å². The van der Waals surface area contributed by atoms with Gasteiger partial charge in [-0.05, 0) is 43.2 Å². The summed E-state index contributed by atoms with van der Waals surface area (Å²) in [5, 5.41) is 8.47. The monoisotopic (exact) mass is 412 g/mol. The maximum absolute atomic E-state index is 13.5. The maximum atomic E-state index is 13.5. The molecule has 0 fully saturated rings. The number of methoxy groups -OCH3 is 1. The number of carbonyl (C=O) groups excluding carboxylic acids is 1. The van der Waals surface area contributed by atoms with Crippen molar-refractivity contribution in [3.8, 4) is 11.4 Å². The van der Waals surface area contributed by atoms with Crippen LogP contribution in [-0.2, 0) is 6.42 Å². The van der Waals surface area contributed by atoms with Crippen molar-refractivity contribution in [3.05, 3.63) is 102 Å². The summed E-state index contributed by atoms with van der Waals surface area (Å²) >= 11 is 0. The van der Waals surface area contributed by atoms with Crippen LogP contribution >= 0.6 is 0 Å². The van der Waals surface area contributed by atoms with Crippen LogP contribution in [0.5, 0.6) is 5.75 Å². The quantitative estimate of drug-likeness (QED) is 0.449. The average Bonchev–Trinajstić information content (AvgIpc) is 3.21. The summed E-state index contributed by atoms with van der Waals surface area (Å²) < 4.78 is 6.97. The zero-order chi connectivity index (χ0) is 21.6. The van der Waals surface area contributed by atoms with Gasteiger partial charge in [-0.2, -0.15) is 0 Å². The molecule has 4 rings (SSSR count). The number of anilines is 1. The second-order valence-electron chi connectivity index (χ2n) is 7.16. The fraction of sp³-hybridized carbons (Fsp3) is 0.160. The molecule has 0 saturated carbocycles. The summed E-state index contributed by atoms with van der Waals surface area (Å²) in [7, 11) is 1.62. The van der Waals surface area contributed by atoms with E-state index in [-0.39, 0.29) is 5.91 Å². The molecule has 3 aromatic carbocycles. The van der Waals surface area contributed by atoms with Gasteiger partial charge in [-0.1, -0.05) is 59.8 Å². The molecule has 4 aromatic rings. The third-order valence-electron chi connectivity index (χ3n) is 5.17. The van der Waals surface area contributed by atoms with Crippen molar-refractivity contribution >= 4 is 11.6 Å². The highest BCUT2D eigenvalue weighted by atomic mass is 16.5. The summed E-state index contributed by atoms with van der Waals surface area (Å²) in [6.07, 6.45) is 0.741. The molecule has 1 amide bonds. The minimum absolute atomic E-state index is 0.172. The molecule has 156 valence electrons. The van der Waals surface area contributed by atoms with E-state index in [4.69, 9.17) is 4.74 Å². The first kappa shape index (κ1) is 20.3. The summed E-state index contributed by atoms with van der Waals surface area (Å²) in [6.45, 7) is 2.39. The Bertz CT molecular complexity index is 1160. The number of hydrogen-bond donors (Lipinski definition) is 0. The van der Waals surface area contributed by atoms with Gasteiger partial charge in [0.05, 0.1) is 18.5 Å². The van der Waals surface area contributed by atoms with E-state index in [0.717, 1.165) is 17.8 Å². The van der Waals surface area contributed by atoms with Crippen molar-refractivity contribution in [2.45, 2.75) is 13.3 Å². The van der Waals surface area contributed by atoms with Gasteiger partial charge in [0.1, 0.15) is 5.75 Å². The molecule has 0 radical (unpaired) electrons. The van der Waals surface area contributed by atoms with E-state index in [1.807, 2.05) is 79.7 Å². The number of hydrogen-bond acceptors (Lipinski definition) is 4. The van der Waals surface area contributed by atoms with Gasteiger partial charge < -0.3 is 9.64 Å². The van der Waals surface area contributed by atoms with Gasteiger partial charge in [-0.3, -0.25) is 4.79 Å². The number of carbonyl (C=O) groups is 1. The fourth-order valence-electron chi connectivity index (χ4n) is 3.48. The fourth-order valence-corrected chi connectivity index (χ4v) is 3.48. The number of benzene rings is 3. The molecule has 31 heavy (non-hydrogen) atoms. The van der Waals surface area contributed by atoms with Crippen molar-refractivity contribution in [1.29, 1.82) is 0 Å². The molecular formula is C25H24N4O2. The number of nitrogens with zero attached hydrogens (tertiary/aromatic N) is 4. The molecular weight excluding hydrogens is 388 g/mol. The highest BCUT2D eigenvalue weighted by Crippen LogP contribution is 2.21. The second kappa shape index (κ2) is 9.26. The molecule has 0 atom stereocenters. The molecule has 0 N–H and O–H groups in total. The van der Waals surface area contributed by atoms with Crippen LogP contribution in [0.4, 0.5) is 5.69 Å². The number of para-hydroxylation sites is 1. The third-order valence-corrected chi connectivity index (χ3v) is 5.17. The number of rotatable bonds is 7. The van der Waals surface area contributed by atoms with Crippen LogP contribution in [0.3, 0.4) is 0 Å². The van der Waals surface area contributed by atoms with Crippen LogP contribution in [0, 0.1) is 6.92 Å². The SMILES string of the molecule is COc1cccc(-n2nnc(C(=O)N(CCc3ccccc3)c3ccccc3)c2C)c1. The van der Waals surface area contributed by atoms with Crippen LogP contribution in [0.1, 0.15) is 21.7 Å². The molecule has 0 aliphatic rings. The van der Waals surface area contributed by atoms with E-state index in [2.05, 4.69) is 22.4 Å². The molecule has 1 heterocycles. The predicted molar refractivity (Wildman–Crippen MR) is 121 cm³/mol. The molecule has 6 nitrogen and oxygen atoms in total. The van der Waals surface area contributed by atoms with Crippen molar-refractivity contribution in [1.82, 2.24) is 15.0 Å². The Kier molecular flexibility index (Phi) is 6.08. The standard InChI is InChI=1S/C25H24N4O2/c1-19-24(26-27-29(19)22-14-9-15-23(18-22)31-2)25(30)28(21-12-7-4-8-13-21)17-16-20-10-5-3-6-11-20/h3-15,18H,16-17H2,1-2H3. The van der Waals surface area contributed by atoms with Gasteiger partial charge in [-0.25, -0.2) is 4.68 Å². The van der Waals surface area contributed by atoms with Crippen LogP contribution in [0.15, 0.2) is 84.9 Å². The van der Waals surface area contributed by atoms with E-state index in [9.17, 15) is 4.79 Å².